The van der Waals surface area contributed by atoms with Crippen molar-refractivity contribution in [2.45, 2.75) is 26.0 Å². The molecule has 0 fully saturated rings. The molecule has 0 bridgehead atoms. The molecule has 0 saturated carbocycles. The molecule has 0 spiro atoms. The van der Waals surface area contributed by atoms with Crippen molar-refractivity contribution in [3.05, 3.63) is 65.5 Å². The Morgan fingerprint density at radius 3 is 2.76 bits per heavy atom. The minimum absolute atomic E-state index is 0.236. The molecule has 0 aromatic heterocycles. The smallest absolute Gasteiger partial charge is 0.146 e. The molecule has 0 radical (unpaired) electrons. The molecule has 0 aliphatic carbocycles. The molecular formula is C18H18FNO. The van der Waals surface area contributed by atoms with Gasteiger partial charge in [-0.3, -0.25) is 0 Å². The summed E-state index contributed by atoms with van der Waals surface area (Å²) < 4.78 is 19.4. The summed E-state index contributed by atoms with van der Waals surface area (Å²) in [6, 6.07) is 12.7. The first-order valence-corrected chi connectivity index (χ1v) is 7.03. The average molecular weight is 283 g/mol. The van der Waals surface area contributed by atoms with Crippen LogP contribution in [0.15, 0.2) is 48.5 Å². The Hall–Kier alpha value is -2.29. The van der Waals surface area contributed by atoms with Crippen molar-refractivity contribution in [2.24, 2.45) is 0 Å². The van der Waals surface area contributed by atoms with E-state index >= 15 is 0 Å². The van der Waals surface area contributed by atoms with Crippen molar-refractivity contribution >= 4 is 11.8 Å². The summed E-state index contributed by atoms with van der Waals surface area (Å²) in [6.45, 7) is 4.63. The third-order valence-electron chi connectivity index (χ3n) is 3.47. The number of hydrogen-bond donors (Lipinski definition) is 1. The normalized spacial score (nSPS) is 15.2. The van der Waals surface area contributed by atoms with Gasteiger partial charge in [-0.15, -0.1) is 0 Å². The maximum Gasteiger partial charge on any atom is 0.146 e. The van der Waals surface area contributed by atoms with Crippen molar-refractivity contribution in [1.82, 2.24) is 0 Å². The number of rotatable bonds is 3. The Morgan fingerprint density at radius 2 is 1.95 bits per heavy atom. The highest BCUT2D eigenvalue weighted by atomic mass is 19.1. The Labute approximate surface area is 124 Å². The zero-order valence-corrected chi connectivity index (χ0v) is 12.2. The van der Waals surface area contributed by atoms with E-state index in [4.69, 9.17) is 4.74 Å². The molecular weight excluding hydrogens is 265 g/mol. The molecule has 21 heavy (non-hydrogen) atoms. The first-order valence-electron chi connectivity index (χ1n) is 7.03. The molecule has 0 amide bonds. The molecule has 0 atom stereocenters. The van der Waals surface area contributed by atoms with Crippen LogP contribution in [0.25, 0.3) is 6.08 Å². The number of nitrogens with one attached hydrogen (secondary N) is 1. The Bertz CT molecular complexity index is 691. The van der Waals surface area contributed by atoms with Crippen LogP contribution >= 0.6 is 0 Å². The van der Waals surface area contributed by atoms with Gasteiger partial charge >= 0.3 is 0 Å². The van der Waals surface area contributed by atoms with Gasteiger partial charge in [-0.1, -0.05) is 24.3 Å². The van der Waals surface area contributed by atoms with Crippen LogP contribution in [0.1, 0.15) is 25.0 Å². The van der Waals surface area contributed by atoms with Crippen LogP contribution in [0.4, 0.5) is 10.1 Å². The van der Waals surface area contributed by atoms with Crippen LogP contribution in [0, 0.1) is 5.82 Å². The average Bonchev–Trinajstić information content (AvgIpc) is 2.46. The lowest BCUT2D eigenvalue weighted by Crippen LogP contribution is -2.27. The second-order valence-electron chi connectivity index (χ2n) is 5.74. The zero-order chi connectivity index (χ0) is 14.9. The van der Waals surface area contributed by atoms with E-state index in [2.05, 4.69) is 17.5 Å². The van der Waals surface area contributed by atoms with E-state index in [1.165, 1.54) is 6.07 Å². The number of halogens is 1. The second-order valence-corrected chi connectivity index (χ2v) is 5.74. The van der Waals surface area contributed by atoms with Crippen molar-refractivity contribution in [3.8, 4) is 5.75 Å². The molecule has 108 valence electrons. The third kappa shape index (κ3) is 3.07. The fourth-order valence-electron chi connectivity index (χ4n) is 2.34. The van der Waals surface area contributed by atoms with Crippen LogP contribution in [0.5, 0.6) is 5.75 Å². The van der Waals surface area contributed by atoms with Crippen molar-refractivity contribution in [2.75, 3.05) is 5.32 Å². The van der Waals surface area contributed by atoms with Gasteiger partial charge in [-0.25, -0.2) is 4.39 Å². The molecule has 1 heterocycles. The van der Waals surface area contributed by atoms with Gasteiger partial charge in [-0.2, -0.15) is 0 Å². The number of anilines is 1. The maximum atomic E-state index is 13.6. The predicted octanol–water partition coefficient (Wildman–Crippen LogP) is 4.62. The Kier molecular flexibility index (Phi) is 3.42. The quantitative estimate of drug-likeness (QED) is 0.887. The molecule has 1 N–H and O–H groups in total. The van der Waals surface area contributed by atoms with E-state index in [-0.39, 0.29) is 11.4 Å². The van der Waals surface area contributed by atoms with E-state index in [0.29, 0.717) is 12.2 Å². The van der Waals surface area contributed by atoms with Crippen molar-refractivity contribution in [1.29, 1.82) is 0 Å². The molecule has 2 aromatic rings. The van der Waals surface area contributed by atoms with Crippen molar-refractivity contribution < 1.29 is 9.13 Å². The molecule has 2 nitrogen and oxygen atoms in total. The number of benzene rings is 2. The number of fused-ring (bicyclic) bond motifs is 1. The lowest BCUT2D eigenvalue weighted by atomic mass is 10.0. The van der Waals surface area contributed by atoms with Gasteiger partial charge < -0.3 is 10.1 Å². The van der Waals surface area contributed by atoms with Crippen LogP contribution in [-0.2, 0) is 6.54 Å². The summed E-state index contributed by atoms with van der Waals surface area (Å²) in [6.07, 6.45) is 4.12. The van der Waals surface area contributed by atoms with Crippen LogP contribution in [0.3, 0.4) is 0 Å². The van der Waals surface area contributed by atoms with Gasteiger partial charge in [-0.05, 0) is 49.8 Å². The summed E-state index contributed by atoms with van der Waals surface area (Å²) in [5.74, 6) is 0.651. The van der Waals surface area contributed by atoms with Gasteiger partial charge in [0.1, 0.15) is 17.2 Å². The molecule has 2 aromatic carbocycles. The van der Waals surface area contributed by atoms with E-state index in [0.717, 1.165) is 16.9 Å². The first-order chi connectivity index (χ1) is 10.0. The zero-order valence-electron chi connectivity index (χ0n) is 12.2. The van der Waals surface area contributed by atoms with Gasteiger partial charge in [0.25, 0.3) is 0 Å². The summed E-state index contributed by atoms with van der Waals surface area (Å²) in [7, 11) is 0. The van der Waals surface area contributed by atoms with Gasteiger partial charge in [0.05, 0.1) is 5.69 Å². The number of hydrogen-bond acceptors (Lipinski definition) is 2. The summed E-state index contributed by atoms with van der Waals surface area (Å²) in [5.41, 5.74) is 2.40. The van der Waals surface area contributed by atoms with E-state index in [1.54, 1.807) is 12.1 Å². The van der Waals surface area contributed by atoms with Crippen LogP contribution in [-0.4, -0.2) is 5.60 Å². The van der Waals surface area contributed by atoms with Crippen LogP contribution < -0.4 is 10.1 Å². The minimum Gasteiger partial charge on any atom is -0.483 e. The highest BCUT2D eigenvalue weighted by Crippen LogP contribution is 2.31. The first kappa shape index (κ1) is 13.7. The molecule has 1 aliphatic heterocycles. The lowest BCUT2D eigenvalue weighted by molar-refractivity contribution is 0.159. The number of para-hydroxylation sites is 1. The van der Waals surface area contributed by atoms with E-state index in [1.807, 2.05) is 38.1 Å². The molecule has 3 heteroatoms. The predicted molar refractivity (Wildman–Crippen MR) is 83.9 cm³/mol. The second kappa shape index (κ2) is 5.24. The fourth-order valence-corrected chi connectivity index (χ4v) is 2.34. The summed E-state index contributed by atoms with van der Waals surface area (Å²) in [4.78, 5) is 0. The largest absolute Gasteiger partial charge is 0.483 e. The minimum atomic E-state index is -0.264. The fraction of sp³-hybridized carbons (Fsp3) is 0.222. The monoisotopic (exact) mass is 283 g/mol. The SMILES string of the molecule is CC1(C)C=Cc2cc(CNc3ccccc3F)ccc2O1. The van der Waals surface area contributed by atoms with Crippen LogP contribution in [0.2, 0.25) is 0 Å². The third-order valence-corrected chi connectivity index (χ3v) is 3.47. The maximum absolute atomic E-state index is 13.6. The highest BCUT2D eigenvalue weighted by molar-refractivity contribution is 5.62. The Balaban J connectivity index is 1.75. The summed E-state index contributed by atoms with van der Waals surface area (Å²) >= 11 is 0. The topological polar surface area (TPSA) is 21.3 Å². The van der Waals surface area contributed by atoms with Gasteiger partial charge in [0.15, 0.2) is 0 Å². The summed E-state index contributed by atoms with van der Waals surface area (Å²) in [5, 5.41) is 3.11. The van der Waals surface area contributed by atoms with Gasteiger partial charge in [0, 0.05) is 12.1 Å². The van der Waals surface area contributed by atoms with E-state index < -0.39 is 0 Å². The molecule has 0 saturated heterocycles. The number of ether oxygens (including phenoxy) is 1. The molecule has 0 unspecified atom stereocenters. The molecule has 1 aliphatic rings. The van der Waals surface area contributed by atoms with E-state index in [9.17, 15) is 4.39 Å². The van der Waals surface area contributed by atoms with Crippen molar-refractivity contribution in [3.63, 3.8) is 0 Å². The van der Waals surface area contributed by atoms with Gasteiger partial charge in [0.2, 0.25) is 0 Å². The highest BCUT2D eigenvalue weighted by Gasteiger charge is 2.21. The lowest BCUT2D eigenvalue weighted by Gasteiger charge is -2.28. The standard InChI is InChI=1S/C18H18FNO/c1-18(2)10-9-14-11-13(7-8-17(14)21-18)12-20-16-6-4-3-5-15(16)19/h3-11,20H,12H2,1-2H3. The molecule has 3 rings (SSSR count). The Morgan fingerprint density at radius 1 is 1.14 bits per heavy atom.